The summed E-state index contributed by atoms with van der Waals surface area (Å²) in [5, 5.41) is 3.81. The van der Waals surface area contributed by atoms with E-state index in [4.69, 9.17) is 4.42 Å². The summed E-state index contributed by atoms with van der Waals surface area (Å²) in [6, 6.07) is 38.7. The number of hydrogen-bond acceptors (Lipinski definition) is 4. The molecule has 346 valence electrons. The summed E-state index contributed by atoms with van der Waals surface area (Å²) in [5.41, 5.74) is 22.1. The minimum atomic E-state index is -0.119. The minimum absolute atomic E-state index is 0.0297. The van der Waals surface area contributed by atoms with Gasteiger partial charge in [0.05, 0.1) is 17.0 Å². The number of fused-ring (bicyclic) bond motifs is 11. The van der Waals surface area contributed by atoms with Gasteiger partial charge in [0, 0.05) is 48.3 Å². The number of benzene rings is 6. The zero-order valence-electron chi connectivity index (χ0n) is 43.4. The van der Waals surface area contributed by atoms with Gasteiger partial charge in [-0.1, -0.05) is 139 Å². The van der Waals surface area contributed by atoms with Gasteiger partial charge in [0.15, 0.2) is 0 Å². The summed E-state index contributed by atoms with van der Waals surface area (Å²) >= 11 is 1.94. The fourth-order valence-electron chi connectivity index (χ4n) is 13.0. The first-order chi connectivity index (χ1) is 31.9. The van der Waals surface area contributed by atoms with Crippen molar-refractivity contribution in [3.05, 3.63) is 136 Å². The highest BCUT2D eigenvalue weighted by Crippen LogP contribution is 2.55. The van der Waals surface area contributed by atoms with Crippen LogP contribution < -0.4 is 26.4 Å². The lowest BCUT2D eigenvalue weighted by atomic mass is 9.35. The van der Waals surface area contributed by atoms with E-state index in [-0.39, 0.29) is 39.2 Å². The number of thiophene rings is 1. The molecule has 5 heteroatoms. The predicted octanol–water partition coefficient (Wildman–Crippen LogP) is 16.5. The van der Waals surface area contributed by atoms with Crippen molar-refractivity contribution in [1.82, 2.24) is 0 Å². The van der Waals surface area contributed by atoms with E-state index in [0.29, 0.717) is 0 Å². The predicted molar refractivity (Wildman–Crippen MR) is 296 cm³/mol. The Hall–Kier alpha value is -5.26. The molecule has 0 bridgehead atoms. The Morgan fingerprint density at radius 3 is 1.84 bits per heavy atom. The van der Waals surface area contributed by atoms with Crippen LogP contribution in [0.5, 0.6) is 0 Å². The smallest absolute Gasteiger partial charge is 0.297 e. The van der Waals surface area contributed by atoms with Gasteiger partial charge in [-0.25, -0.2) is 0 Å². The van der Waals surface area contributed by atoms with E-state index in [1.807, 2.05) is 11.3 Å². The summed E-state index contributed by atoms with van der Waals surface area (Å²) in [5.74, 6) is 0. The van der Waals surface area contributed by atoms with Crippen LogP contribution >= 0.6 is 11.3 Å². The van der Waals surface area contributed by atoms with Gasteiger partial charge >= 0.3 is 0 Å². The first-order valence-electron chi connectivity index (χ1n) is 25.5. The molecule has 2 aliphatic heterocycles. The lowest BCUT2D eigenvalue weighted by molar-refractivity contribution is 0.332. The van der Waals surface area contributed by atoms with Crippen molar-refractivity contribution in [2.24, 2.45) is 0 Å². The molecular formula is C63H69BN2OS. The van der Waals surface area contributed by atoms with Crippen molar-refractivity contribution in [2.75, 3.05) is 9.80 Å². The topological polar surface area (TPSA) is 19.6 Å². The molecule has 0 N–H and O–H groups in total. The molecule has 0 amide bonds. The Kier molecular flexibility index (Phi) is 9.03. The Balaban J connectivity index is 1.24. The Bertz CT molecular complexity index is 3470. The highest BCUT2D eigenvalue weighted by molar-refractivity contribution is 7.26. The van der Waals surface area contributed by atoms with E-state index in [0.717, 1.165) is 24.1 Å². The maximum Gasteiger partial charge on any atom is 0.297 e. The number of aryl methyl sites for hydroxylation is 1. The van der Waals surface area contributed by atoms with Crippen molar-refractivity contribution in [1.29, 1.82) is 0 Å². The molecule has 0 saturated carbocycles. The van der Waals surface area contributed by atoms with Gasteiger partial charge in [-0.3, -0.25) is 0 Å². The van der Waals surface area contributed by atoms with Crippen molar-refractivity contribution in [2.45, 2.75) is 162 Å². The van der Waals surface area contributed by atoms with Crippen molar-refractivity contribution in [3.63, 3.8) is 0 Å². The van der Waals surface area contributed by atoms with E-state index < -0.39 is 0 Å². The molecule has 0 radical (unpaired) electrons. The first-order valence-corrected chi connectivity index (χ1v) is 26.3. The molecule has 4 aliphatic rings. The van der Waals surface area contributed by atoms with Crippen LogP contribution in [0, 0.1) is 6.92 Å². The summed E-state index contributed by atoms with van der Waals surface area (Å²) in [7, 11) is 0. The Morgan fingerprint density at radius 1 is 0.559 bits per heavy atom. The van der Waals surface area contributed by atoms with Gasteiger partial charge in [0.1, 0.15) is 5.58 Å². The van der Waals surface area contributed by atoms with Gasteiger partial charge in [-0.05, 0) is 170 Å². The molecule has 8 aromatic rings. The molecule has 0 atom stereocenters. The van der Waals surface area contributed by atoms with Crippen LogP contribution in [-0.2, 0) is 32.5 Å². The molecule has 12 rings (SSSR count). The van der Waals surface area contributed by atoms with Gasteiger partial charge in [0.2, 0.25) is 0 Å². The summed E-state index contributed by atoms with van der Waals surface area (Å²) in [4.78, 5) is 5.33. The molecule has 0 spiro atoms. The fraction of sp³-hybridized carbons (Fsp3) is 0.397. The zero-order valence-corrected chi connectivity index (χ0v) is 44.2. The van der Waals surface area contributed by atoms with E-state index >= 15 is 0 Å². The van der Waals surface area contributed by atoms with Crippen LogP contribution in [0.2, 0.25) is 0 Å². The number of rotatable bonds is 2. The van der Waals surface area contributed by atoms with Crippen LogP contribution in [0.3, 0.4) is 0 Å². The molecule has 6 aromatic carbocycles. The second-order valence-electron chi connectivity index (χ2n) is 26.0. The van der Waals surface area contributed by atoms with Crippen molar-refractivity contribution < 1.29 is 4.42 Å². The average molecular weight is 913 g/mol. The summed E-state index contributed by atoms with van der Waals surface area (Å²) < 4.78 is 10.2. The normalized spacial score (nSPS) is 18.7. The highest BCUT2D eigenvalue weighted by Gasteiger charge is 2.50. The Morgan fingerprint density at radius 2 is 1.18 bits per heavy atom. The molecular weight excluding hydrogens is 844 g/mol. The van der Waals surface area contributed by atoms with Crippen LogP contribution in [0.4, 0.5) is 34.1 Å². The highest BCUT2D eigenvalue weighted by atomic mass is 32.1. The number of nitrogens with zero attached hydrogens (tertiary/aromatic N) is 2. The third kappa shape index (κ3) is 6.22. The molecule has 2 aromatic heterocycles. The van der Waals surface area contributed by atoms with Crippen molar-refractivity contribution in [3.8, 4) is 0 Å². The third-order valence-corrected chi connectivity index (χ3v) is 18.5. The lowest BCUT2D eigenvalue weighted by Crippen LogP contribution is -2.61. The molecule has 0 saturated heterocycles. The van der Waals surface area contributed by atoms with Gasteiger partial charge in [0.25, 0.3) is 6.71 Å². The van der Waals surface area contributed by atoms with E-state index in [2.05, 4.69) is 211 Å². The monoisotopic (exact) mass is 913 g/mol. The van der Waals surface area contributed by atoms with Crippen LogP contribution in [0.1, 0.15) is 162 Å². The standard InChI is InChI=1S/C63H69BN2OS/c1-36-30-49-54-50(31-36)66(47-24-23-42(59(5,6)7)56-53(47)39-18-16-17-19-52(39)68-56)55-40-32-37(58(2,3)4)20-25-51(40)67-57(55)64(54)46-34-44-45(63(14,15)29-28-62(44,12)13)35-48(46)65(49)38-21-22-41-43(33-38)61(10,11)27-26-60(41,8)9/h16-25,30-35H,26-29H2,1-15H3. The molecule has 0 unspecified atom stereocenters. The van der Waals surface area contributed by atoms with Crippen LogP contribution in [0.15, 0.2) is 101 Å². The molecule has 68 heavy (non-hydrogen) atoms. The summed E-state index contributed by atoms with van der Waals surface area (Å²) in [6.45, 7) is 36.0. The second-order valence-corrected chi connectivity index (χ2v) is 27.1. The first kappa shape index (κ1) is 44.0. The van der Waals surface area contributed by atoms with E-state index in [9.17, 15) is 0 Å². The molecule has 0 fully saturated rings. The molecule has 2 aliphatic carbocycles. The summed E-state index contributed by atoms with van der Waals surface area (Å²) in [6.07, 6.45) is 4.69. The largest absolute Gasteiger partial charge is 0.468 e. The SMILES string of the molecule is Cc1cc2c3c(c1)N(c1ccc(C(C)(C)C)c4sc5ccccc5c14)c1c(oc4ccc(C(C)(C)C)cc14)B3c1cc3c(cc1N2c1ccc2c(c1)C(C)(C)CCC2(C)C)C(C)(C)CCC3(C)C. The zero-order chi connectivity index (χ0) is 48.0. The number of anilines is 6. The van der Waals surface area contributed by atoms with Crippen LogP contribution in [-0.4, -0.2) is 6.71 Å². The van der Waals surface area contributed by atoms with E-state index in [1.165, 1.54) is 122 Å². The second kappa shape index (κ2) is 14.0. The fourth-order valence-corrected chi connectivity index (χ4v) is 14.4. The molecule has 3 nitrogen and oxygen atoms in total. The quantitative estimate of drug-likeness (QED) is 0.161. The van der Waals surface area contributed by atoms with Gasteiger partial charge in [-0.15, -0.1) is 11.3 Å². The number of hydrogen-bond donors (Lipinski definition) is 0. The van der Waals surface area contributed by atoms with Crippen molar-refractivity contribution >= 4 is 99.9 Å². The maximum absolute atomic E-state index is 7.55. The average Bonchev–Trinajstić information content (AvgIpc) is 3.84. The Labute approximate surface area is 410 Å². The van der Waals surface area contributed by atoms with E-state index in [1.54, 1.807) is 0 Å². The van der Waals surface area contributed by atoms with Crippen LogP contribution in [0.25, 0.3) is 31.1 Å². The van der Waals surface area contributed by atoms with Gasteiger partial charge in [-0.2, -0.15) is 0 Å². The number of furan rings is 1. The lowest BCUT2D eigenvalue weighted by Gasteiger charge is -2.47. The third-order valence-electron chi connectivity index (χ3n) is 17.3. The molecule has 4 heterocycles. The van der Waals surface area contributed by atoms with Gasteiger partial charge < -0.3 is 14.2 Å². The maximum atomic E-state index is 7.55. The minimum Gasteiger partial charge on any atom is -0.468 e.